The standard InChI is InChI=1S/C14H24O4/c1-4-7-10-17-13(15)12(9-6-3)14(16)18-11-8-5-2/h6,9,12H,4-5,7-8,10-11H2,1-3H3/b9-6-. The van der Waals surface area contributed by atoms with E-state index in [2.05, 4.69) is 0 Å². The number of esters is 2. The minimum atomic E-state index is -0.927. The van der Waals surface area contributed by atoms with Gasteiger partial charge in [0.2, 0.25) is 0 Å². The van der Waals surface area contributed by atoms with Gasteiger partial charge in [0.05, 0.1) is 13.2 Å². The van der Waals surface area contributed by atoms with E-state index in [1.807, 2.05) is 13.8 Å². The first kappa shape index (κ1) is 16.7. The molecule has 0 amide bonds. The summed E-state index contributed by atoms with van der Waals surface area (Å²) in [5.74, 6) is -1.98. The SMILES string of the molecule is C/C=C\C(C(=O)OCCCC)C(=O)OCCCC. The molecule has 0 saturated heterocycles. The molecule has 0 heterocycles. The zero-order valence-electron chi connectivity index (χ0n) is 11.6. The van der Waals surface area contributed by atoms with Crippen molar-refractivity contribution in [1.29, 1.82) is 0 Å². The van der Waals surface area contributed by atoms with Crippen molar-refractivity contribution in [2.24, 2.45) is 5.92 Å². The largest absolute Gasteiger partial charge is 0.465 e. The molecule has 0 bridgehead atoms. The molecule has 0 fully saturated rings. The van der Waals surface area contributed by atoms with Gasteiger partial charge in [-0.3, -0.25) is 9.59 Å². The zero-order chi connectivity index (χ0) is 13.8. The van der Waals surface area contributed by atoms with Crippen molar-refractivity contribution >= 4 is 11.9 Å². The van der Waals surface area contributed by atoms with Crippen LogP contribution in [0.15, 0.2) is 12.2 Å². The molecule has 0 aliphatic heterocycles. The molecule has 0 aliphatic carbocycles. The van der Waals surface area contributed by atoms with Crippen LogP contribution in [0.5, 0.6) is 0 Å². The van der Waals surface area contributed by atoms with E-state index in [0.29, 0.717) is 13.2 Å². The van der Waals surface area contributed by atoms with E-state index in [-0.39, 0.29) is 0 Å². The van der Waals surface area contributed by atoms with Gasteiger partial charge in [-0.2, -0.15) is 0 Å². The Morgan fingerprint density at radius 1 is 1.00 bits per heavy atom. The van der Waals surface area contributed by atoms with Gasteiger partial charge in [0.15, 0.2) is 5.92 Å². The van der Waals surface area contributed by atoms with Crippen LogP contribution in [0.1, 0.15) is 46.5 Å². The number of hydrogen-bond acceptors (Lipinski definition) is 4. The maximum Gasteiger partial charge on any atom is 0.324 e. The van der Waals surface area contributed by atoms with E-state index in [0.717, 1.165) is 25.7 Å². The molecule has 4 nitrogen and oxygen atoms in total. The van der Waals surface area contributed by atoms with Crippen LogP contribution < -0.4 is 0 Å². The van der Waals surface area contributed by atoms with Gasteiger partial charge in [-0.15, -0.1) is 0 Å². The second kappa shape index (κ2) is 10.8. The molecule has 0 atom stereocenters. The summed E-state index contributed by atoms with van der Waals surface area (Å²) >= 11 is 0. The van der Waals surface area contributed by atoms with Crippen LogP contribution in [0.4, 0.5) is 0 Å². The summed E-state index contributed by atoms with van der Waals surface area (Å²) in [6.07, 6.45) is 6.68. The molecule has 104 valence electrons. The lowest BCUT2D eigenvalue weighted by Crippen LogP contribution is -2.27. The molecule has 0 radical (unpaired) electrons. The van der Waals surface area contributed by atoms with Gasteiger partial charge >= 0.3 is 11.9 Å². The Labute approximate surface area is 109 Å². The predicted octanol–water partition coefficient (Wildman–Crippen LogP) is 2.87. The van der Waals surface area contributed by atoms with E-state index < -0.39 is 17.9 Å². The van der Waals surface area contributed by atoms with Gasteiger partial charge in [0.1, 0.15) is 0 Å². The summed E-state index contributed by atoms with van der Waals surface area (Å²) in [5.41, 5.74) is 0. The maximum atomic E-state index is 11.7. The average Bonchev–Trinajstić information content (AvgIpc) is 2.36. The molecule has 0 aromatic heterocycles. The molecule has 0 aliphatic rings. The lowest BCUT2D eigenvalue weighted by molar-refractivity contribution is -0.159. The van der Waals surface area contributed by atoms with Crippen LogP contribution in [-0.4, -0.2) is 25.2 Å². The number of carbonyl (C=O) groups is 2. The van der Waals surface area contributed by atoms with Gasteiger partial charge < -0.3 is 9.47 Å². The Bertz CT molecular complexity index is 249. The number of allylic oxidation sites excluding steroid dienone is 1. The minimum absolute atomic E-state index is 0.353. The van der Waals surface area contributed by atoms with Crippen LogP contribution in [0.25, 0.3) is 0 Å². The van der Waals surface area contributed by atoms with Crippen molar-refractivity contribution in [1.82, 2.24) is 0 Å². The molecular formula is C14H24O4. The smallest absolute Gasteiger partial charge is 0.324 e. The summed E-state index contributed by atoms with van der Waals surface area (Å²) in [7, 11) is 0. The van der Waals surface area contributed by atoms with Crippen LogP contribution in [0, 0.1) is 5.92 Å². The minimum Gasteiger partial charge on any atom is -0.465 e. The summed E-state index contributed by atoms with van der Waals surface area (Å²) < 4.78 is 10.1. The Balaban J connectivity index is 4.26. The second-order valence-corrected chi connectivity index (χ2v) is 4.05. The number of unbranched alkanes of at least 4 members (excludes halogenated alkanes) is 2. The third kappa shape index (κ3) is 7.09. The lowest BCUT2D eigenvalue weighted by Gasteiger charge is -2.12. The van der Waals surface area contributed by atoms with Crippen LogP contribution in [-0.2, 0) is 19.1 Å². The Morgan fingerprint density at radius 3 is 1.78 bits per heavy atom. The third-order valence-electron chi connectivity index (χ3n) is 2.38. The fourth-order valence-electron chi connectivity index (χ4n) is 1.26. The average molecular weight is 256 g/mol. The fraction of sp³-hybridized carbons (Fsp3) is 0.714. The van der Waals surface area contributed by atoms with Crippen molar-refractivity contribution < 1.29 is 19.1 Å². The lowest BCUT2D eigenvalue weighted by atomic mass is 10.1. The number of hydrogen-bond donors (Lipinski definition) is 0. The Kier molecular flexibility index (Phi) is 10.0. The molecule has 0 N–H and O–H groups in total. The van der Waals surface area contributed by atoms with E-state index >= 15 is 0 Å². The van der Waals surface area contributed by atoms with E-state index in [1.165, 1.54) is 6.08 Å². The van der Waals surface area contributed by atoms with E-state index in [1.54, 1.807) is 13.0 Å². The van der Waals surface area contributed by atoms with Gasteiger partial charge in [-0.05, 0) is 19.8 Å². The number of rotatable bonds is 9. The van der Waals surface area contributed by atoms with Crippen LogP contribution in [0.2, 0.25) is 0 Å². The molecule has 18 heavy (non-hydrogen) atoms. The highest BCUT2D eigenvalue weighted by Crippen LogP contribution is 2.07. The predicted molar refractivity (Wildman–Crippen MR) is 70.0 cm³/mol. The van der Waals surface area contributed by atoms with Gasteiger partial charge in [-0.1, -0.05) is 38.8 Å². The second-order valence-electron chi connectivity index (χ2n) is 4.05. The van der Waals surface area contributed by atoms with E-state index in [9.17, 15) is 9.59 Å². The highest BCUT2D eigenvalue weighted by Gasteiger charge is 2.26. The first-order chi connectivity index (χ1) is 8.67. The summed E-state index contributed by atoms with van der Waals surface area (Å²) in [5, 5.41) is 0. The molecule has 0 unspecified atom stereocenters. The topological polar surface area (TPSA) is 52.6 Å². The highest BCUT2D eigenvalue weighted by molar-refractivity contribution is 5.96. The first-order valence-electron chi connectivity index (χ1n) is 6.63. The van der Waals surface area contributed by atoms with Gasteiger partial charge in [0, 0.05) is 0 Å². The quantitative estimate of drug-likeness (QED) is 0.275. The molecule has 0 saturated carbocycles. The summed E-state index contributed by atoms with van der Waals surface area (Å²) in [6, 6.07) is 0. The van der Waals surface area contributed by atoms with Gasteiger partial charge in [-0.25, -0.2) is 0 Å². The number of ether oxygens (including phenoxy) is 2. The third-order valence-corrected chi connectivity index (χ3v) is 2.38. The van der Waals surface area contributed by atoms with Crippen molar-refractivity contribution in [3.05, 3.63) is 12.2 Å². The van der Waals surface area contributed by atoms with Crippen molar-refractivity contribution in [3.63, 3.8) is 0 Å². The normalized spacial score (nSPS) is 10.9. The van der Waals surface area contributed by atoms with Crippen molar-refractivity contribution in [2.45, 2.75) is 46.5 Å². The van der Waals surface area contributed by atoms with Crippen LogP contribution >= 0.6 is 0 Å². The fourth-order valence-corrected chi connectivity index (χ4v) is 1.26. The molecule has 4 heteroatoms. The number of carbonyl (C=O) groups excluding carboxylic acids is 2. The molecule has 0 spiro atoms. The molecule has 0 aromatic carbocycles. The summed E-state index contributed by atoms with van der Waals surface area (Å²) in [4.78, 5) is 23.4. The molecular weight excluding hydrogens is 232 g/mol. The van der Waals surface area contributed by atoms with Gasteiger partial charge in [0.25, 0.3) is 0 Å². The summed E-state index contributed by atoms with van der Waals surface area (Å²) in [6.45, 7) is 6.48. The molecule has 0 aromatic rings. The van der Waals surface area contributed by atoms with E-state index in [4.69, 9.17) is 9.47 Å². The zero-order valence-corrected chi connectivity index (χ0v) is 11.6. The Hall–Kier alpha value is -1.32. The molecule has 0 rings (SSSR count). The van der Waals surface area contributed by atoms with Crippen molar-refractivity contribution in [2.75, 3.05) is 13.2 Å². The monoisotopic (exact) mass is 256 g/mol. The maximum absolute atomic E-state index is 11.7. The highest BCUT2D eigenvalue weighted by atomic mass is 16.6. The van der Waals surface area contributed by atoms with Crippen molar-refractivity contribution in [3.8, 4) is 0 Å². The van der Waals surface area contributed by atoms with Crippen LogP contribution in [0.3, 0.4) is 0 Å². The Morgan fingerprint density at radius 2 is 1.44 bits per heavy atom. The first-order valence-corrected chi connectivity index (χ1v) is 6.63.